The second kappa shape index (κ2) is 8.78. The maximum atomic E-state index is 14.7. The molecule has 30 heavy (non-hydrogen) atoms. The predicted molar refractivity (Wildman–Crippen MR) is 106 cm³/mol. The summed E-state index contributed by atoms with van der Waals surface area (Å²) in [5.74, 6) is -3.57. The molecule has 0 bridgehead atoms. The molecule has 0 unspecified atom stereocenters. The van der Waals surface area contributed by atoms with Crippen molar-refractivity contribution >= 4 is 5.83 Å². The molecule has 0 heterocycles. The smallest absolute Gasteiger partial charge is 0.206 e. The van der Waals surface area contributed by atoms with Crippen molar-refractivity contribution in [3.05, 3.63) is 89.5 Å². The number of hydrogen-bond donors (Lipinski definition) is 0. The Hall–Kier alpha value is -3.02. The normalized spacial score (nSPS) is 12.3. The molecule has 6 heteroatoms. The first-order chi connectivity index (χ1) is 14.2. The van der Waals surface area contributed by atoms with Gasteiger partial charge in [-0.3, -0.25) is 0 Å². The summed E-state index contributed by atoms with van der Waals surface area (Å²) in [6, 6.07) is 15.0. The molecular weight excluding hydrogens is 402 g/mol. The average molecular weight is 420 g/mol. The van der Waals surface area contributed by atoms with E-state index >= 15 is 0 Å². The van der Waals surface area contributed by atoms with Gasteiger partial charge in [-0.05, 0) is 46.9 Å². The molecule has 0 nitrogen and oxygen atoms in total. The number of alkyl halides is 3. The topological polar surface area (TPSA) is 0 Å². The number of halogens is 6. The SMILES string of the molecule is CCCc1ccc(-c2ccc(-c3ccc(C(F)=CC(F)(F)F)c(F)c3)c(F)c2)cc1. The van der Waals surface area contributed by atoms with Crippen LogP contribution in [0.5, 0.6) is 0 Å². The first-order valence-corrected chi connectivity index (χ1v) is 9.32. The summed E-state index contributed by atoms with van der Waals surface area (Å²) in [5.41, 5.74) is 1.96. The molecule has 3 aromatic carbocycles. The third kappa shape index (κ3) is 5.12. The van der Waals surface area contributed by atoms with E-state index in [4.69, 9.17) is 0 Å². The van der Waals surface area contributed by atoms with Gasteiger partial charge in [0.15, 0.2) is 0 Å². The molecule has 3 aromatic rings. The van der Waals surface area contributed by atoms with Crippen molar-refractivity contribution in [2.24, 2.45) is 0 Å². The maximum absolute atomic E-state index is 14.7. The van der Waals surface area contributed by atoms with E-state index in [0.717, 1.165) is 30.5 Å². The molecule has 0 aromatic heterocycles. The second-order valence-electron chi connectivity index (χ2n) is 6.87. The van der Waals surface area contributed by atoms with Crippen molar-refractivity contribution in [3.8, 4) is 22.3 Å². The summed E-state index contributed by atoms with van der Waals surface area (Å²) in [5, 5.41) is 0. The van der Waals surface area contributed by atoms with Gasteiger partial charge in [-0.1, -0.05) is 55.8 Å². The molecule has 0 radical (unpaired) electrons. The van der Waals surface area contributed by atoms with Crippen LogP contribution in [0.2, 0.25) is 0 Å². The molecule has 0 atom stereocenters. The molecular formula is C24H18F6. The summed E-state index contributed by atoms with van der Waals surface area (Å²) >= 11 is 0. The quantitative estimate of drug-likeness (QED) is 0.366. The van der Waals surface area contributed by atoms with Crippen LogP contribution in [0.3, 0.4) is 0 Å². The zero-order chi connectivity index (χ0) is 21.9. The van der Waals surface area contributed by atoms with E-state index in [9.17, 15) is 26.3 Å². The Morgan fingerprint density at radius 3 is 1.97 bits per heavy atom. The first-order valence-electron chi connectivity index (χ1n) is 9.32. The zero-order valence-electron chi connectivity index (χ0n) is 16.0. The van der Waals surface area contributed by atoms with Crippen molar-refractivity contribution in [3.63, 3.8) is 0 Å². The van der Waals surface area contributed by atoms with Gasteiger partial charge >= 0.3 is 6.18 Å². The molecule has 156 valence electrons. The average Bonchev–Trinajstić information content (AvgIpc) is 2.67. The molecule has 0 amide bonds. The van der Waals surface area contributed by atoms with Gasteiger partial charge in [-0.25, -0.2) is 13.2 Å². The number of benzene rings is 3. The number of allylic oxidation sites excluding steroid dienone is 1. The highest BCUT2D eigenvalue weighted by Gasteiger charge is 2.26. The summed E-state index contributed by atoms with van der Waals surface area (Å²) in [6.07, 6.45) is -3.56. The fraction of sp³-hybridized carbons (Fsp3) is 0.167. The van der Waals surface area contributed by atoms with Crippen LogP contribution < -0.4 is 0 Å². The zero-order valence-corrected chi connectivity index (χ0v) is 16.0. The Morgan fingerprint density at radius 1 is 0.800 bits per heavy atom. The van der Waals surface area contributed by atoms with Crippen LogP contribution in [0.4, 0.5) is 26.3 Å². The van der Waals surface area contributed by atoms with Crippen molar-refractivity contribution in [2.45, 2.75) is 25.9 Å². The molecule has 0 spiro atoms. The minimum Gasteiger partial charge on any atom is -0.206 e. The predicted octanol–water partition coefficient (Wildman–Crippen LogP) is 8.12. The van der Waals surface area contributed by atoms with E-state index in [1.54, 1.807) is 6.07 Å². The molecule has 0 N–H and O–H groups in total. The number of aryl methyl sites for hydroxylation is 1. The third-order valence-corrected chi connectivity index (χ3v) is 4.62. The van der Waals surface area contributed by atoms with Crippen LogP contribution in [0.1, 0.15) is 24.5 Å². The fourth-order valence-corrected chi connectivity index (χ4v) is 3.18. The highest BCUT2D eigenvalue weighted by molar-refractivity contribution is 5.73. The Labute approximate surface area is 170 Å². The van der Waals surface area contributed by atoms with Gasteiger partial charge in [0, 0.05) is 11.1 Å². The van der Waals surface area contributed by atoms with E-state index in [2.05, 4.69) is 6.92 Å². The van der Waals surface area contributed by atoms with Gasteiger partial charge in [-0.2, -0.15) is 13.2 Å². The molecule has 0 aliphatic carbocycles. The number of rotatable bonds is 5. The van der Waals surface area contributed by atoms with E-state index in [1.165, 1.54) is 23.8 Å². The molecule has 0 saturated heterocycles. The summed E-state index contributed by atoms with van der Waals surface area (Å²) in [7, 11) is 0. The van der Waals surface area contributed by atoms with Crippen molar-refractivity contribution in [1.82, 2.24) is 0 Å². The van der Waals surface area contributed by atoms with Gasteiger partial charge < -0.3 is 0 Å². The lowest BCUT2D eigenvalue weighted by molar-refractivity contribution is -0.0798. The highest BCUT2D eigenvalue weighted by Crippen LogP contribution is 2.32. The second-order valence-corrected chi connectivity index (χ2v) is 6.87. The van der Waals surface area contributed by atoms with Crippen LogP contribution in [-0.2, 0) is 6.42 Å². The van der Waals surface area contributed by atoms with Crippen LogP contribution in [0, 0.1) is 11.6 Å². The van der Waals surface area contributed by atoms with Crippen LogP contribution in [0.15, 0.2) is 66.7 Å². The molecule has 0 saturated carbocycles. The third-order valence-electron chi connectivity index (χ3n) is 4.62. The Kier molecular flexibility index (Phi) is 6.34. The highest BCUT2D eigenvalue weighted by atomic mass is 19.4. The van der Waals surface area contributed by atoms with E-state index in [0.29, 0.717) is 5.56 Å². The lowest BCUT2D eigenvalue weighted by Crippen LogP contribution is -2.02. The lowest BCUT2D eigenvalue weighted by Gasteiger charge is -2.09. The van der Waals surface area contributed by atoms with Crippen molar-refractivity contribution in [2.75, 3.05) is 0 Å². The molecule has 0 aliphatic heterocycles. The largest absolute Gasteiger partial charge is 0.412 e. The summed E-state index contributed by atoms with van der Waals surface area (Å²) < 4.78 is 79.3. The van der Waals surface area contributed by atoms with Crippen molar-refractivity contribution < 1.29 is 26.3 Å². The maximum Gasteiger partial charge on any atom is 0.412 e. The Balaban J connectivity index is 1.90. The van der Waals surface area contributed by atoms with Gasteiger partial charge in [0.1, 0.15) is 17.5 Å². The van der Waals surface area contributed by atoms with Crippen LogP contribution in [0.25, 0.3) is 28.1 Å². The molecule has 0 fully saturated rings. The van der Waals surface area contributed by atoms with Crippen LogP contribution >= 0.6 is 0 Å². The standard InChI is InChI=1S/C24H18F6/c1-2-3-15-4-6-16(7-5-15)17-8-10-19(21(25)12-17)18-9-11-20(22(26)13-18)23(27)14-24(28,29)30/h4-14H,2-3H2,1H3. The van der Waals surface area contributed by atoms with Gasteiger partial charge in [0.2, 0.25) is 0 Å². The van der Waals surface area contributed by atoms with Gasteiger partial charge in [-0.15, -0.1) is 0 Å². The van der Waals surface area contributed by atoms with E-state index in [-0.39, 0.29) is 11.1 Å². The molecule has 3 rings (SSSR count). The minimum atomic E-state index is -4.91. The van der Waals surface area contributed by atoms with Gasteiger partial charge in [0.05, 0.1) is 6.08 Å². The Morgan fingerprint density at radius 2 is 1.40 bits per heavy atom. The van der Waals surface area contributed by atoms with E-state index in [1.807, 2.05) is 24.3 Å². The van der Waals surface area contributed by atoms with Crippen molar-refractivity contribution in [1.29, 1.82) is 0 Å². The summed E-state index contributed by atoms with van der Waals surface area (Å²) in [6.45, 7) is 2.08. The first kappa shape index (κ1) is 21.7. The fourth-order valence-electron chi connectivity index (χ4n) is 3.18. The van der Waals surface area contributed by atoms with Crippen LogP contribution in [-0.4, -0.2) is 6.18 Å². The van der Waals surface area contributed by atoms with E-state index < -0.39 is 35.3 Å². The monoisotopic (exact) mass is 420 g/mol. The molecule has 0 aliphatic rings. The Bertz CT molecular complexity index is 1060. The minimum absolute atomic E-state index is 0.0620. The summed E-state index contributed by atoms with van der Waals surface area (Å²) in [4.78, 5) is 0. The lowest BCUT2D eigenvalue weighted by atomic mass is 9.97. The van der Waals surface area contributed by atoms with Gasteiger partial charge in [0.25, 0.3) is 0 Å². The number of hydrogen-bond acceptors (Lipinski definition) is 0.